The van der Waals surface area contributed by atoms with E-state index in [9.17, 15) is 8.42 Å². The number of aromatic nitrogens is 4. The summed E-state index contributed by atoms with van der Waals surface area (Å²) in [5.74, 6) is 0.585. The lowest BCUT2D eigenvalue weighted by atomic mass is 10.2. The van der Waals surface area contributed by atoms with Gasteiger partial charge in [0.05, 0.1) is 10.6 Å². The van der Waals surface area contributed by atoms with Gasteiger partial charge in [-0.1, -0.05) is 0 Å². The third-order valence-electron chi connectivity index (χ3n) is 3.02. The summed E-state index contributed by atoms with van der Waals surface area (Å²) in [5.41, 5.74) is 1.45. The minimum absolute atomic E-state index is 0.0363. The van der Waals surface area contributed by atoms with Gasteiger partial charge in [0.15, 0.2) is 10.6 Å². The van der Waals surface area contributed by atoms with Crippen LogP contribution in [0.15, 0.2) is 53.7 Å². The molecule has 3 aromatic rings. The first-order valence-corrected chi connectivity index (χ1v) is 8.13. The number of pyridine rings is 1. The fraction of sp³-hybridized carbons (Fsp3) is 0. The van der Waals surface area contributed by atoms with E-state index < -0.39 is 10.0 Å². The van der Waals surface area contributed by atoms with E-state index in [-0.39, 0.29) is 4.90 Å². The van der Waals surface area contributed by atoms with Gasteiger partial charge >= 0.3 is 0 Å². The molecule has 0 spiro atoms. The number of sulfonamides is 1. The predicted molar refractivity (Wildman–Crippen MR) is 83.4 cm³/mol. The maximum Gasteiger partial charge on any atom is 0.238 e. The van der Waals surface area contributed by atoms with Gasteiger partial charge in [-0.15, -0.1) is 0 Å². The van der Waals surface area contributed by atoms with Gasteiger partial charge in [0.25, 0.3) is 0 Å². The van der Waals surface area contributed by atoms with Gasteiger partial charge in [-0.3, -0.25) is 14.6 Å². The van der Waals surface area contributed by atoms with Crippen LogP contribution in [0.2, 0.25) is 0 Å². The highest BCUT2D eigenvalue weighted by Gasteiger charge is 2.12. The van der Waals surface area contributed by atoms with Crippen molar-refractivity contribution in [1.82, 2.24) is 19.7 Å². The van der Waals surface area contributed by atoms with E-state index in [0.29, 0.717) is 16.3 Å². The van der Waals surface area contributed by atoms with Crippen LogP contribution in [0, 0.1) is 4.77 Å². The molecule has 112 valence electrons. The van der Waals surface area contributed by atoms with E-state index in [1.807, 2.05) is 6.07 Å². The first kappa shape index (κ1) is 14.6. The van der Waals surface area contributed by atoms with Gasteiger partial charge in [-0.25, -0.2) is 13.6 Å². The molecule has 0 fully saturated rings. The Morgan fingerprint density at radius 2 is 1.91 bits per heavy atom. The number of benzene rings is 1. The molecule has 0 amide bonds. The van der Waals surface area contributed by atoms with Crippen LogP contribution in [-0.2, 0) is 10.0 Å². The topological polar surface area (TPSA) is 107 Å². The molecule has 0 unspecified atom stereocenters. The smallest absolute Gasteiger partial charge is 0.238 e. The van der Waals surface area contributed by atoms with Crippen molar-refractivity contribution in [3.63, 3.8) is 0 Å². The van der Waals surface area contributed by atoms with Gasteiger partial charge in [-0.05, 0) is 48.6 Å². The van der Waals surface area contributed by atoms with Gasteiger partial charge in [-0.2, -0.15) is 5.10 Å². The zero-order valence-corrected chi connectivity index (χ0v) is 12.8. The summed E-state index contributed by atoms with van der Waals surface area (Å²) in [5, 5.41) is 12.0. The lowest BCUT2D eigenvalue weighted by molar-refractivity contribution is 0.598. The second-order valence-electron chi connectivity index (χ2n) is 4.47. The molecule has 0 saturated carbocycles. The number of hydrogen-bond acceptors (Lipinski definition) is 5. The monoisotopic (exact) mass is 333 g/mol. The van der Waals surface area contributed by atoms with Crippen LogP contribution in [0.25, 0.3) is 17.1 Å². The van der Waals surface area contributed by atoms with Crippen molar-refractivity contribution in [2.75, 3.05) is 0 Å². The molecule has 0 aliphatic rings. The van der Waals surface area contributed by atoms with Crippen LogP contribution in [0.1, 0.15) is 0 Å². The first-order chi connectivity index (χ1) is 10.5. The molecule has 7 nitrogen and oxygen atoms in total. The number of aromatic amines is 1. The number of hydrogen-bond donors (Lipinski definition) is 2. The van der Waals surface area contributed by atoms with Gasteiger partial charge in [0.2, 0.25) is 10.0 Å². The molecule has 3 rings (SSSR count). The average molecular weight is 333 g/mol. The molecule has 0 aliphatic heterocycles. The van der Waals surface area contributed by atoms with Gasteiger partial charge in [0.1, 0.15) is 0 Å². The van der Waals surface area contributed by atoms with Gasteiger partial charge < -0.3 is 0 Å². The molecule has 0 aliphatic carbocycles. The summed E-state index contributed by atoms with van der Waals surface area (Å²) in [6.07, 6.45) is 3.33. The SMILES string of the molecule is NS(=O)(=O)c1ccc(-n2c(-c3cccnc3)n[nH]c2=S)cc1. The normalized spacial score (nSPS) is 11.5. The molecule has 22 heavy (non-hydrogen) atoms. The van der Waals surface area contributed by atoms with Crippen LogP contribution in [0.5, 0.6) is 0 Å². The molecule has 0 atom stereocenters. The molecular formula is C13H11N5O2S2. The van der Waals surface area contributed by atoms with Crippen LogP contribution >= 0.6 is 12.2 Å². The Bertz CT molecular complexity index is 960. The van der Waals surface area contributed by atoms with Crippen LogP contribution in [0.4, 0.5) is 0 Å². The van der Waals surface area contributed by atoms with E-state index in [0.717, 1.165) is 5.56 Å². The van der Waals surface area contributed by atoms with E-state index in [4.69, 9.17) is 17.4 Å². The largest absolute Gasteiger partial charge is 0.268 e. The summed E-state index contributed by atoms with van der Waals surface area (Å²) >= 11 is 5.24. The van der Waals surface area contributed by atoms with Crippen LogP contribution in [-0.4, -0.2) is 28.2 Å². The molecule has 2 aromatic heterocycles. The Kier molecular flexibility index (Phi) is 3.61. The van der Waals surface area contributed by atoms with Crippen molar-refractivity contribution < 1.29 is 8.42 Å². The quantitative estimate of drug-likeness (QED) is 0.709. The predicted octanol–water partition coefficient (Wildman–Crippen LogP) is 1.64. The van der Waals surface area contributed by atoms with Crippen molar-refractivity contribution in [2.24, 2.45) is 5.14 Å². The molecule has 0 radical (unpaired) electrons. The van der Waals surface area contributed by atoms with Crippen molar-refractivity contribution >= 4 is 22.2 Å². The highest BCUT2D eigenvalue weighted by molar-refractivity contribution is 7.89. The number of nitrogens with one attached hydrogen (secondary N) is 1. The summed E-state index contributed by atoms with van der Waals surface area (Å²) in [7, 11) is -3.73. The van der Waals surface area contributed by atoms with E-state index >= 15 is 0 Å². The Balaban J connectivity index is 2.14. The third kappa shape index (κ3) is 2.69. The zero-order valence-electron chi connectivity index (χ0n) is 11.2. The highest BCUT2D eigenvalue weighted by atomic mass is 32.2. The number of nitrogens with zero attached hydrogens (tertiary/aromatic N) is 3. The molecule has 3 N–H and O–H groups in total. The Labute approximate surface area is 131 Å². The van der Waals surface area contributed by atoms with E-state index in [2.05, 4.69) is 15.2 Å². The maximum atomic E-state index is 11.3. The average Bonchev–Trinajstić information content (AvgIpc) is 2.89. The first-order valence-electron chi connectivity index (χ1n) is 6.18. The fourth-order valence-corrected chi connectivity index (χ4v) is 2.76. The van der Waals surface area contributed by atoms with E-state index in [1.54, 1.807) is 35.2 Å². The molecule has 0 bridgehead atoms. The number of H-pyrrole nitrogens is 1. The number of rotatable bonds is 3. The van der Waals surface area contributed by atoms with Crippen LogP contribution in [0.3, 0.4) is 0 Å². The molecule has 9 heteroatoms. The van der Waals surface area contributed by atoms with Crippen molar-refractivity contribution in [3.05, 3.63) is 53.6 Å². The van der Waals surface area contributed by atoms with Crippen molar-refractivity contribution in [1.29, 1.82) is 0 Å². The van der Waals surface area contributed by atoms with Gasteiger partial charge in [0, 0.05) is 18.0 Å². The fourth-order valence-electron chi connectivity index (χ4n) is 2.01. The second kappa shape index (κ2) is 5.44. The minimum Gasteiger partial charge on any atom is -0.268 e. The van der Waals surface area contributed by atoms with Crippen molar-refractivity contribution in [2.45, 2.75) is 4.90 Å². The van der Waals surface area contributed by atoms with E-state index in [1.165, 1.54) is 12.1 Å². The lowest BCUT2D eigenvalue weighted by Gasteiger charge is -2.07. The maximum absolute atomic E-state index is 11.3. The molecule has 1 aromatic carbocycles. The molecule has 2 heterocycles. The zero-order chi connectivity index (χ0) is 15.7. The highest BCUT2D eigenvalue weighted by Crippen LogP contribution is 2.21. The number of nitrogens with two attached hydrogens (primary N) is 1. The lowest BCUT2D eigenvalue weighted by Crippen LogP contribution is -2.12. The molecular weight excluding hydrogens is 322 g/mol. The Morgan fingerprint density at radius 3 is 2.50 bits per heavy atom. The number of primary sulfonamides is 1. The second-order valence-corrected chi connectivity index (χ2v) is 6.42. The van der Waals surface area contributed by atoms with Crippen LogP contribution < -0.4 is 5.14 Å². The third-order valence-corrected chi connectivity index (χ3v) is 4.22. The van der Waals surface area contributed by atoms with Crippen molar-refractivity contribution in [3.8, 4) is 17.1 Å². The Hall–Kier alpha value is -2.36. The molecule has 0 saturated heterocycles. The summed E-state index contributed by atoms with van der Waals surface area (Å²) < 4.78 is 24.7. The Morgan fingerprint density at radius 1 is 1.18 bits per heavy atom. The minimum atomic E-state index is -3.73. The summed E-state index contributed by atoms with van der Waals surface area (Å²) in [6.45, 7) is 0. The summed E-state index contributed by atoms with van der Waals surface area (Å²) in [4.78, 5) is 4.09. The standard InChI is InChI=1S/C13H11N5O2S2/c14-22(19,20)11-5-3-10(4-6-11)18-12(16-17-13(18)21)9-2-1-7-15-8-9/h1-8H,(H,17,21)(H2,14,19,20). The summed E-state index contributed by atoms with van der Waals surface area (Å²) in [6, 6.07) is 9.73.